The van der Waals surface area contributed by atoms with Crippen LogP contribution >= 0.6 is 0 Å². The predicted octanol–water partition coefficient (Wildman–Crippen LogP) is 3.99. The van der Waals surface area contributed by atoms with Crippen LogP contribution in [0.2, 0.25) is 0 Å². The monoisotopic (exact) mass is 494 g/mol. The first kappa shape index (κ1) is 24.0. The highest BCUT2D eigenvalue weighted by Crippen LogP contribution is 2.40. The Hall–Kier alpha value is -2.67. The Kier molecular flexibility index (Phi) is 5.37. The van der Waals surface area contributed by atoms with E-state index in [9.17, 15) is 39.5 Å². The van der Waals surface area contributed by atoms with Crippen molar-refractivity contribution in [1.82, 2.24) is 0 Å². The van der Waals surface area contributed by atoms with Crippen LogP contribution in [0.4, 0.5) is 23.2 Å². The van der Waals surface area contributed by atoms with Gasteiger partial charge in [0.25, 0.3) is 19.9 Å². The second-order valence-corrected chi connectivity index (χ2v) is 11.7. The topological polar surface area (TPSA) is 113 Å². The molecule has 13 heteroatoms. The molecule has 0 amide bonds. The van der Waals surface area contributed by atoms with E-state index < -0.39 is 58.0 Å². The summed E-state index contributed by atoms with van der Waals surface area (Å²) in [6, 6.07) is 2.89. The summed E-state index contributed by atoms with van der Waals surface area (Å²) in [6.07, 6.45) is 0. The van der Waals surface area contributed by atoms with E-state index in [2.05, 4.69) is 9.71 Å². The summed E-state index contributed by atoms with van der Waals surface area (Å²) in [4.78, 5) is -2.08. The average Bonchev–Trinajstić information content (AvgIpc) is 2.62. The lowest BCUT2D eigenvalue weighted by molar-refractivity contribution is -0.0436. The molecule has 2 aromatic carbocycles. The van der Waals surface area contributed by atoms with Gasteiger partial charge in [-0.1, -0.05) is 20.8 Å². The van der Waals surface area contributed by atoms with Crippen molar-refractivity contribution in [2.24, 2.45) is 4.40 Å². The van der Waals surface area contributed by atoms with Crippen molar-refractivity contribution < 1.29 is 39.5 Å². The van der Waals surface area contributed by atoms with E-state index >= 15 is 0 Å². The van der Waals surface area contributed by atoms with E-state index in [0.717, 1.165) is 12.1 Å². The summed E-state index contributed by atoms with van der Waals surface area (Å²) in [5.41, 5.74) is -6.81. The van der Waals surface area contributed by atoms with Crippen LogP contribution in [0.15, 0.2) is 38.5 Å². The lowest BCUT2D eigenvalue weighted by atomic mass is 9.83. The molecule has 1 aliphatic heterocycles. The van der Waals surface area contributed by atoms with Gasteiger partial charge < -0.3 is 10.4 Å². The van der Waals surface area contributed by atoms with Gasteiger partial charge in [0.1, 0.15) is 16.5 Å². The fraction of sp³-hybridized carbons (Fsp3) is 0.316. The predicted molar refractivity (Wildman–Crippen MR) is 109 cm³/mol. The fourth-order valence-electron chi connectivity index (χ4n) is 3.14. The van der Waals surface area contributed by atoms with E-state index in [1.807, 2.05) is 0 Å². The van der Waals surface area contributed by atoms with Crippen molar-refractivity contribution >= 4 is 31.4 Å². The lowest BCUT2D eigenvalue weighted by Crippen LogP contribution is -2.26. The molecule has 174 valence electrons. The van der Waals surface area contributed by atoms with Gasteiger partial charge in [0, 0.05) is 5.56 Å². The van der Waals surface area contributed by atoms with E-state index in [4.69, 9.17) is 0 Å². The van der Waals surface area contributed by atoms with Crippen LogP contribution in [0.5, 0.6) is 5.75 Å². The smallest absolute Gasteiger partial charge is 0.501 e. The summed E-state index contributed by atoms with van der Waals surface area (Å²) in [7, 11) is -10.5. The van der Waals surface area contributed by atoms with Gasteiger partial charge in [0.2, 0.25) is 0 Å². The molecule has 0 bridgehead atoms. The molecule has 0 atom stereocenters. The van der Waals surface area contributed by atoms with E-state index in [1.165, 1.54) is 6.92 Å². The SMILES string of the molecule is Cc1c(F)cc(C(C)(C)C)c(O)c1C1=NS(=O)(=O)c2cc(S(=O)(=O)C(F)(F)F)ccc2N1. The zero-order chi connectivity index (χ0) is 24.4. The molecule has 1 heterocycles. The number of rotatable bonds is 2. The molecule has 0 fully saturated rings. The number of anilines is 1. The van der Waals surface area contributed by atoms with Crippen LogP contribution in [0.3, 0.4) is 0 Å². The number of amidine groups is 1. The number of hydrogen-bond donors (Lipinski definition) is 2. The number of phenols is 1. The van der Waals surface area contributed by atoms with Crippen LogP contribution in [0.1, 0.15) is 37.5 Å². The maximum atomic E-state index is 14.6. The number of sulfonamides is 1. The molecule has 0 saturated heterocycles. The van der Waals surface area contributed by atoms with Gasteiger partial charge in [0.05, 0.1) is 16.1 Å². The zero-order valence-corrected chi connectivity index (χ0v) is 18.8. The van der Waals surface area contributed by atoms with Gasteiger partial charge in [-0.2, -0.15) is 21.6 Å². The number of nitrogens with one attached hydrogen (secondary N) is 1. The normalized spacial score (nSPS) is 16.2. The fourth-order valence-corrected chi connectivity index (χ4v) is 5.16. The van der Waals surface area contributed by atoms with E-state index in [-0.39, 0.29) is 22.4 Å². The Morgan fingerprint density at radius 2 is 1.69 bits per heavy atom. The first-order valence-corrected chi connectivity index (χ1v) is 11.9. The highest BCUT2D eigenvalue weighted by molar-refractivity contribution is 7.92. The Bertz CT molecular complexity index is 1370. The van der Waals surface area contributed by atoms with E-state index in [1.54, 1.807) is 20.8 Å². The first-order valence-electron chi connectivity index (χ1n) is 8.98. The maximum Gasteiger partial charge on any atom is 0.501 e. The average molecular weight is 494 g/mol. The van der Waals surface area contributed by atoms with Gasteiger partial charge in [-0.3, -0.25) is 0 Å². The number of sulfone groups is 1. The molecule has 32 heavy (non-hydrogen) atoms. The largest absolute Gasteiger partial charge is 0.507 e. The van der Waals surface area contributed by atoms with Crippen LogP contribution in [-0.4, -0.2) is 33.3 Å². The number of benzene rings is 2. The van der Waals surface area contributed by atoms with Gasteiger partial charge >= 0.3 is 5.51 Å². The minimum absolute atomic E-state index is 0.114. The quantitative estimate of drug-likeness (QED) is 0.611. The molecule has 0 unspecified atom stereocenters. The van der Waals surface area contributed by atoms with Gasteiger partial charge in [-0.25, -0.2) is 12.8 Å². The molecule has 2 N–H and O–H groups in total. The summed E-state index contributed by atoms with van der Waals surface area (Å²) in [5, 5.41) is 13.3. The Labute approximate surface area is 181 Å². The second-order valence-electron chi connectivity index (χ2n) is 8.15. The van der Waals surface area contributed by atoms with Crippen molar-refractivity contribution in [2.75, 3.05) is 5.32 Å². The Balaban J connectivity index is 2.23. The minimum atomic E-state index is -5.80. The molecule has 1 aliphatic rings. The summed E-state index contributed by atoms with van der Waals surface area (Å²) in [5.74, 6) is -1.61. The van der Waals surface area contributed by atoms with Gasteiger partial charge in [-0.05, 0) is 42.2 Å². The molecular weight excluding hydrogens is 476 g/mol. The molecular formula is C19H18F4N2O5S2. The number of alkyl halides is 3. The number of nitrogens with zero attached hydrogens (tertiary/aromatic N) is 1. The number of halogens is 4. The summed E-state index contributed by atoms with van der Waals surface area (Å²) >= 11 is 0. The van der Waals surface area contributed by atoms with E-state index in [0.29, 0.717) is 12.1 Å². The molecule has 0 aliphatic carbocycles. The number of hydrogen-bond acceptors (Lipinski definition) is 6. The number of phenolic OH excluding ortho intramolecular Hbond substituents is 1. The molecule has 3 rings (SSSR count). The van der Waals surface area contributed by atoms with Crippen molar-refractivity contribution in [2.45, 2.75) is 48.4 Å². The molecule has 7 nitrogen and oxygen atoms in total. The third-order valence-electron chi connectivity index (χ3n) is 4.85. The standard InChI is InChI=1S/C19H18F4N2O5S2/c1-9-12(20)8-11(18(2,3)4)16(26)15(9)17-24-13-6-5-10(31(27,28)19(21,22)23)7-14(13)32(29,30)25-17/h5-8,26H,1-4H3,(H,24,25). The first-order chi connectivity index (χ1) is 14.4. The molecule has 0 radical (unpaired) electrons. The van der Waals surface area contributed by atoms with Crippen molar-refractivity contribution in [3.63, 3.8) is 0 Å². The Morgan fingerprint density at radius 1 is 1.09 bits per heavy atom. The highest BCUT2D eigenvalue weighted by Gasteiger charge is 2.47. The Morgan fingerprint density at radius 3 is 2.22 bits per heavy atom. The van der Waals surface area contributed by atoms with Gasteiger partial charge in [-0.15, -0.1) is 4.40 Å². The number of fused-ring (bicyclic) bond motifs is 1. The molecule has 2 aromatic rings. The third kappa shape index (κ3) is 3.83. The molecule has 0 aromatic heterocycles. The van der Waals surface area contributed by atoms with Crippen LogP contribution in [0.25, 0.3) is 0 Å². The number of aromatic hydroxyl groups is 1. The van der Waals surface area contributed by atoms with Crippen LogP contribution < -0.4 is 5.32 Å². The van der Waals surface area contributed by atoms with Crippen LogP contribution in [-0.2, 0) is 25.3 Å². The van der Waals surface area contributed by atoms with Crippen molar-refractivity contribution in [3.8, 4) is 5.75 Å². The van der Waals surface area contributed by atoms with Crippen molar-refractivity contribution in [1.29, 1.82) is 0 Å². The summed E-state index contributed by atoms with van der Waals surface area (Å²) < 4.78 is 105. The summed E-state index contributed by atoms with van der Waals surface area (Å²) in [6.45, 7) is 6.39. The third-order valence-corrected chi connectivity index (χ3v) is 7.65. The second kappa shape index (κ2) is 7.17. The zero-order valence-electron chi connectivity index (χ0n) is 17.2. The molecule has 0 saturated carbocycles. The van der Waals surface area contributed by atoms with Gasteiger partial charge in [0.15, 0.2) is 5.84 Å². The minimum Gasteiger partial charge on any atom is -0.507 e. The maximum absolute atomic E-state index is 14.6. The highest BCUT2D eigenvalue weighted by atomic mass is 32.2. The lowest BCUT2D eigenvalue weighted by Gasteiger charge is -2.25. The van der Waals surface area contributed by atoms with Crippen LogP contribution in [0, 0.1) is 12.7 Å². The van der Waals surface area contributed by atoms with Crippen molar-refractivity contribution in [3.05, 3.63) is 46.8 Å². The molecule has 0 spiro atoms.